The Hall–Kier alpha value is -4.85. The number of halogens is 1. The Morgan fingerprint density at radius 1 is 0.979 bits per heavy atom. The highest BCUT2D eigenvalue weighted by Gasteiger charge is 2.48. The van der Waals surface area contributed by atoms with Crippen molar-refractivity contribution < 1.29 is 37.9 Å². The highest BCUT2D eigenvalue weighted by Crippen LogP contribution is 2.38. The van der Waals surface area contributed by atoms with E-state index in [0.29, 0.717) is 61.6 Å². The molecule has 2 aromatic carbocycles. The van der Waals surface area contributed by atoms with Crippen LogP contribution in [0.15, 0.2) is 30.3 Å². The Morgan fingerprint density at radius 2 is 1.71 bits per heavy atom. The summed E-state index contributed by atoms with van der Waals surface area (Å²) < 4.78 is 21.7. The van der Waals surface area contributed by atoms with Gasteiger partial charge in [0.1, 0.15) is 11.8 Å². The summed E-state index contributed by atoms with van der Waals surface area (Å²) in [5.41, 5.74) is 1.44. The summed E-state index contributed by atoms with van der Waals surface area (Å²) in [7, 11) is 0. The van der Waals surface area contributed by atoms with Crippen molar-refractivity contribution in [3.63, 3.8) is 0 Å². The number of benzene rings is 2. The van der Waals surface area contributed by atoms with Crippen molar-refractivity contribution in [3.05, 3.63) is 52.6 Å². The number of alkyl halides is 1. The van der Waals surface area contributed by atoms with E-state index in [9.17, 15) is 28.8 Å². The predicted octanol–water partition coefficient (Wildman–Crippen LogP) is 2.09. The van der Waals surface area contributed by atoms with E-state index in [4.69, 9.17) is 4.74 Å². The predicted molar refractivity (Wildman–Crippen MR) is 170 cm³/mol. The van der Waals surface area contributed by atoms with Crippen LogP contribution in [0.5, 0.6) is 5.75 Å². The number of rotatable bonds is 9. The van der Waals surface area contributed by atoms with E-state index in [0.717, 1.165) is 10.5 Å². The van der Waals surface area contributed by atoms with Gasteiger partial charge in [-0.05, 0) is 69.0 Å². The third kappa shape index (κ3) is 5.57. The summed E-state index contributed by atoms with van der Waals surface area (Å²) in [5.74, 6) is -1.88. The average Bonchev–Trinajstić information content (AvgIpc) is 3.48. The molecule has 0 spiro atoms. The van der Waals surface area contributed by atoms with Crippen LogP contribution >= 0.6 is 0 Å². The largest absolute Gasteiger partial charge is 0.489 e. The Kier molecular flexibility index (Phi) is 7.93. The van der Waals surface area contributed by atoms with Crippen molar-refractivity contribution in [1.82, 2.24) is 20.0 Å². The molecule has 2 aromatic rings. The van der Waals surface area contributed by atoms with E-state index in [1.54, 1.807) is 24.3 Å². The fourth-order valence-corrected chi connectivity index (χ4v) is 7.55. The summed E-state index contributed by atoms with van der Waals surface area (Å²) in [6.45, 7) is 5.97. The van der Waals surface area contributed by atoms with Crippen molar-refractivity contribution in [3.8, 4) is 5.75 Å². The van der Waals surface area contributed by atoms with Gasteiger partial charge >= 0.3 is 0 Å². The Morgan fingerprint density at radius 3 is 2.40 bits per heavy atom. The van der Waals surface area contributed by atoms with Gasteiger partial charge in [-0.2, -0.15) is 0 Å². The van der Waals surface area contributed by atoms with Gasteiger partial charge in [-0.15, -0.1) is 0 Å². The molecule has 3 saturated heterocycles. The number of nitrogens with zero attached hydrogens (tertiary/aromatic N) is 4. The van der Waals surface area contributed by atoms with Crippen LogP contribution in [0.3, 0.4) is 0 Å². The van der Waals surface area contributed by atoms with Crippen LogP contribution in [-0.4, -0.2) is 107 Å². The second-order valence-corrected chi connectivity index (χ2v) is 13.6. The standard InChI is InChI=1S/C34H37FN6O7/c1-19(2)48-28-13-24-20(11-26(28)36-18-42)14-40(31(24)45)21-7-9-38(10-8-21)15-34(35)16-39(17-34)22-3-4-23-25(12-22)33(47)41(32(23)46)27-5-6-29(43)37-30(27)44/h3-4,11-13,18-19,21,27H,5-10,14-17H2,1-2H3,(H,36,42)(H,37,43,44). The molecule has 1 atom stereocenters. The Labute approximate surface area is 276 Å². The number of carbonyl (C=O) groups excluding carboxylic acids is 6. The van der Waals surface area contributed by atoms with E-state index in [1.807, 2.05) is 23.6 Å². The number of imide groups is 2. The van der Waals surface area contributed by atoms with Gasteiger partial charge in [-0.1, -0.05) is 0 Å². The minimum atomic E-state index is -1.46. The van der Waals surface area contributed by atoms with E-state index < -0.39 is 35.3 Å². The SMILES string of the molecule is CC(C)Oc1cc2c(cc1NC=O)CN(C1CCN(CC3(F)CN(c4ccc5c(c4)C(=O)N(C4CCC(=O)NC4=O)C5=O)C3)CC1)C2=O. The summed E-state index contributed by atoms with van der Waals surface area (Å²) in [6, 6.07) is 7.27. The number of ether oxygens (including phenoxy) is 1. The normalized spacial score (nSPS) is 22.5. The average molecular weight is 661 g/mol. The van der Waals surface area contributed by atoms with Crippen molar-refractivity contribution in [2.24, 2.45) is 0 Å². The fourth-order valence-electron chi connectivity index (χ4n) is 7.55. The first kappa shape index (κ1) is 31.7. The lowest BCUT2D eigenvalue weighted by atomic mass is 9.92. The molecule has 6 amide bonds. The van der Waals surface area contributed by atoms with Gasteiger partial charge in [0.25, 0.3) is 17.7 Å². The first-order valence-electron chi connectivity index (χ1n) is 16.3. The second-order valence-electron chi connectivity index (χ2n) is 13.6. The van der Waals surface area contributed by atoms with Gasteiger partial charge in [-0.3, -0.25) is 43.9 Å². The van der Waals surface area contributed by atoms with E-state index >= 15 is 4.39 Å². The molecule has 5 aliphatic heterocycles. The molecule has 5 aliphatic rings. The molecule has 0 saturated carbocycles. The highest BCUT2D eigenvalue weighted by atomic mass is 19.1. The molecule has 48 heavy (non-hydrogen) atoms. The molecular formula is C34H37FN6O7. The topological polar surface area (TPSA) is 149 Å². The molecule has 2 N–H and O–H groups in total. The molecule has 7 rings (SSSR count). The first-order valence-corrected chi connectivity index (χ1v) is 16.3. The van der Waals surface area contributed by atoms with E-state index in [2.05, 4.69) is 15.5 Å². The lowest BCUT2D eigenvalue weighted by molar-refractivity contribution is -0.136. The zero-order chi connectivity index (χ0) is 33.9. The summed E-state index contributed by atoms with van der Waals surface area (Å²) in [4.78, 5) is 81.4. The highest BCUT2D eigenvalue weighted by molar-refractivity contribution is 6.23. The van der Waals surface area contributed by atoms with Crippen molar-refractivity contribution >= 4 is 47.3 Å². The van der Waals surface area contributed by atoms with Crippen molar-refractivity contribution in [2.45, 2.75) is 69.9 Å². The lowest BCUT2D eigenvalue weighted by Crippen LogP contribution is -2.64. The van der Waals surface area contributed by atoms with Crippen LogP contribution in [0.4, 0.5) is 15.8 Å². The molecule has 0 aliphatic carbocycles. The fraction of sp³-hybridized carbons (Fsp3) is 0.471. The van der Waals surface area contributed by atoms with Crippen LogP contribution in [0.2, 0.25) is 0 Å². The summed E-state index contributed by atoms with van der Waals surface area (Å²) >= 11 is 0. The van der Waals surface area contributed by atoms with Gasteiger partial charge in [0, 0.05) is 49.9 Å². The smallest absolute Gasteiger partial charge is 0.262 e. The molecule has 0 aromatic heterocycles. The number of hydrogen-bond acceptors (Lipinski definition) is 9. The third-order valence-electron chi connectivity index (χ3n) is 9.86. The van der Waals surface area contributed by atoms with Gasteiger partial charge < -0.3 is 19.9 Å². The molecule has 0 bridgehead atoms. The maximum absolute atomic E-state index is 15.9. The quantitative estimate of drug-likeness (QED) is 0.305. The molecule has 1 unspecified atom stereocenters. The summed E-state index contributed by atoms with van der Waals surface area (Å²) in [5, 5.41) is 4.86. The number of nitrogens with one attached hydrogen (secondary N) is 2. The molecule has 5 heterocycles. The van der Waals surface area contributed by atoms with Gasteiger partial charge in [0.2, 0.25) is 18.2 Å². The maximum atomic E-state index is 15.9. The number of anilines is 2. The Balaban J connectivity index is 0.935. The molecule has 0 radical (unpaired) electrons. The first-order chi connectivity index (χ1) is 22.9. The van der Waals surface area contributed by atoms with E-state index in [1.165, 1.54) is 6.07 Å². The van der Waals surface area contributed by atoms with Crippen LogP contribution in [0.25, 0.3) is 0 Å². The van der Waals surface area contributed by atoms with Gasteiger partial charge in [0.15, 0.2) is 5.67 Å². The van der Waals surface area contributed by atoms with Crippen molar-refractivity contribution in [2.75, 3.05) is 42.9 Å². The van der Waals surface area contributed by atoms with Crippen molar-refractivity contribution in [1.29, 1.82) is 0 Å². The monoisotopic (exact) mass is 660 g/mol. The number of amides is 6. The second kappa shape index (κ2) is 12.0. The number of carbonyl (C=O) groups is 6. The van der Waals surface area contributed by atoms with Crippen LogP contribution in [0.1, 0.15) is 76.2 Å². The third-order valence-corrected chi connectivity index (χ3v) is 9.86. The molecule has 14 heteroatoms. The van der Waals surface area contributed by atoms with Gasteiger partial charge in [-0.25, -0.2) is 4.39 Å². The zero-order valence-electron chi connectivity index (χ0n) is 26.8. The minimum absolute atomic E-state index is 0.0120. The molecule has 13 nitrogen and oxygen atoms in total. The number of piperidine rings is 2. The van der Waals surface area contributed by atoms with Crippen LogP contribution < -0.4 is 20.3 Å². The number of hydrogen-bond donors (Lipinski definition) is 2. The molecular weight excluding hydrogens is 623 g/mol. The van der Waals surface area contributed by atoms with Crippen LogP contribution in [-0.2, 0) is 20.9 Å². The molecule has 252 valence electrons. The summed E-state index contributed by atoms with van der Waals surface area (Å²) in [6.07, 6.45) is 1.99. The minimum Gasteiger partial charge on any atom is -0.489 e. The molecule has 3 fully saturated rings. The van der Waals surface area contributed by atoms with Crippen LogP contribution in [0, 0.1) is 0 Å². The lowest BCUT2D eigenvalue weighted by Gasteiger charge is -2.49. The maximum Gasteiger partial charge on any atom is 0.262 e. The number of likely N-dealkylation sites (tertiary alicyclic amines) is 1. The van der Waals surface area contributed by atoms with E-state index in [-0.39, 0.29) is 61.7 Å². The number of fused-ring (bicyclic) bond motifs is 2. The van der Waals surface area contributed by atoms with Gasteiger partial charge in [0.05, 0.1) is 36.0 Å². The Bertz CT molecular complexity index is 1730. The zero-order valence-corrected chi connectivity index (χ0v) is 26.8.